The van der Waals surface area contributed by atoms with Gasteiger partial charge in [-0.25, -0.2) is 4.98 Å². The largest absolute Gasteiger partial charge is 0.469 e. The van der Waals surface area contributed by atoms with Gasteiger partial charge < -0.3 is 10.1 Å². The fraction of sp³-hybridized carbons (Fsp3) is 0.600. The number of esters is 1. The molecule has 4 nitrogen and oxygen atoms in total. The van der Waals surface area contributed by atoms with Crippen molar-refractivity contribution in [1.29, 1.82) is 0 Å². The molecular weight excluding hydrogens is 244 g/mol. The van der Waals surface area contributed by atoms with Crippen LogP contribution >= 0.6 is 23.1 Å². The number of anilines is 1. The van der Waals surface area contributed by atoms with E-state index in [4.69, 9.17) is 0 Å². The Kier molecular flexibility index (Phi) is 5.62. The standard InChI is InChI=1S/C10H16N2O2S2/c1-7(15-3)5-11-10-12-8(6-16-10)4-9(13)14-2/h6-7H,4-5H2,1-3H3,(H,11,12). The highest BCUT2D eigenvalue weighted by atomic mass is 32.2. The summed E-state index contributed by atoms with van der Waals surface area (Å²) in [6.07, 6.45) is 2.32. The van der Waals surface area contributed by atoms with Gasteiger partial charge in [-0.1, -0.05) is 6.92 Å². The van der Waals surface area contributed by atoms with E-state index in [2.05, 4.69) is 28.2 Å². The molecule has 1 aromatic rings. The van der Waals surface area contributed by atoms with Crippen molar-refractivity contribution in [2.24, 2.45) is 0 Å². The predicted molar refractivity (Wildman–Crippen MR) is 69.3 cm³/mol. The number of thiazole rings is 1. The van der Waals surface area contributed by atoms with Gasteiger partial charge in [-0.3, -0.25) is 4.79 Å². The lowest BCUT2D eigenvalue weighted by molar-refractivity contribution is -0.139. The van der Waals surface area contributed by atoms with Gasteiger partial charge in [0, 0.05) is 17.2 Å². The lowest BCUT2D eigenvalue weighted by atomic mass is 10.3. The summed E-state index contributed by atoms with van der Waals surface area (Å²) in [7, 11) is 1.38. The van der Waals surface area contributed by atoms with E-state index in [1.807, 2.05) is 5.38 Å². The first kappa shape index (κ1) is 13.3. The van der Waals surface area contributed by atoms with E-state index < -0.39 is 0 Å². The minimum Gasteiger partial charge on any atom is -0.469 e. The Bertz CT molecular complexity index is 341. The number of hydrogen-bond donors (Lipinski definition) is 1. The van der Waals surface area contributed by atoms with Crippen LogP contribution in [0.25, 0.3) is 0 Å². The number of carbonyl (C=O) groups is 1. The molecule has 1 aromatic heterocycles. The third-order valence-electron chi connectivity index (χ3n) is 2.05. The average molecular weight is 260 g/mol. The number of aromatic nitrogens is 1. The summed E-state index contributed by atoms with van der Waals surface area (Å²) in [4.78, 5) is 15.3. The number of hydrogen-bond acceptors (Lipinski definition) is 6. The van der Waals surface area contributed by atoms with Crippen molar-refractivity contribution in [1.82, 2.24) is 4.98 Å². The lowest BCUT2D eigenvalue weighted by Gasteiger charge is -2.07. The smallest absolute Gasteiger partial charge is 0.311 e. The van der Waals surface area contributed by atoms with E-state index in [0.29, 0.717) is 5.25 Å². The number of nitrogens with zero attached hydrogens (tertiary/aromatic N) is 1. The van der Waals surface area contributed by atoms with Gasteiger partial charge in [0.2, 0.25) is 0 Å². The van der Waals surface area contributed by atoms with Crippen molar-refractivity contribution in [3.8, 4) is 0 Å². The zero-order chi connectivity index (χ0) is 12.0. The summed E-state index contributed by atoms with van der Waals surface area (Å²) >= 11 is 3.32. The molecular formula is C10H16N2O2S2. The molecule has 1 unspecified atom stereocenters. The molecule has 0 spiro atoms. The topological polar surface area (TPSA) is 51.2 Å². The van der Waals surface area contributed by atoms with Gasteiger partial charge in [0.1, 0.15) is 0 Å². The Hall–Kier alpha value is -0.750. The highest BCUT2D eigenvalue weighted by Gasteiger charge is 2.08. The van der Waals surface area contributed by atoms with Crippen LogP contribution in [0, 0.1) is 0 Å². The van der Waals surface area contributed by atoms with Gasteiger partial charge in [0.25, 0.3) is 0 Å². The summed E-state index contributed by atoms with van der Waals surface area (Å²) in [5.41, 5.74) is 0.760. The number of nitrogens with one attached hydrogen (secondary N) is 1. The van der Waals surface area contributed by atoms with Crippen molar-refractivity contribution in [2.45, 2.75) is 18.6 Å². The molecule has 1 rings (SSSR count). The summed E-state index contributed by atoms with van der Waals surface area (Å²) < 4.78 is 4.58. The first-order valence-electron chi connectivity index (χ1n) is 4.93. The van der Waals surface area contributed by atoms with Crippen LogP contribution in [0.5, 0.6) is 0 Å². The van der Waals surface area contributed by atoms with Gasteiger partial charge in [-0.15, -0.1) is 11.3 Å². The third-order valence-corrected chi connectivity index (χ3v) is 3.87. The van der Waals surface area contributed by atoms with Crippen molar-refractivity contribution < 1.29 is 9.53 Å². The molecule has 6 heteroatoms. The van der Waals surface area contributed by atoms with E-state index in [1.165, 1.54) is 18.4 Å². The highest BCUT2D eigenvalue weighted by Crippen LogP contribution is 2.17. The Balaban J connectivity index is 2.42. The number of ether oxygens (including phenoxy) is 1. The molecule has 1 atom stereocenters. The second kappa shape index (κ2) is 6.75. The van der Waals surface area contributed by atoms with Crippen molar-refractivity contribution in [3.05, 3.63) is 11.1 Å². The van der Waals surface area contributed by atoms with Crippen molar-refractivity contribution in [2.75, 3.05) is 25.2 Å². The number of methoxy groups -OCH3 is 1. The van der Waals surface area contributed by atoms with Crippen LogP contribution in [0.1, 0.15) is 12.6 Å². The summed E-state index contributed by atoms with van der Waals surface area (Å²) in [5, 5.41) is 6.53. The van der Waals surface area contributed by atoms with Gasteiger partial charge in [-0.2, -0.15) is 11.8 Å². The van der Waals surface area contributed by atoms with E-state index in [-0.39, 0.29) is 12.4 Å². The maximum atomic E-state index is 11.0. The molecule has 1 N–H and O–H groups in total. The Labute approximate surface area is 104 Å². The zero-order valence-corrected chi connectivity index (χ0v) is 11.3. The van der Waals surface area contributed by atoms with Gasteiger partial charge in [0.15, 0.2) is 5.13 Å². The van der Waals surface area contributed by atoms with Crippen molar-refractivity contribution >= 4 is 34.2 Å². The maximum Gasteiger partial charge on any atom is 0.311 e. The monoisotopic (exact) mass is 260 g/mol. The zero-order valence-electron chi connectivity index (χ0n) is 9.65. The molecule has 0 saturated carbocycles. The van der Waals surface area contributed by atoms with Crippen LogP contribution in [0.2, 0.25) is 0 Å². The van der Waals surface area contributed by atoms with Crippen LogP contribution < -0.4 is 5.32 Å². The Morgan fingerprint density at radius 2 is 2.50 bits per heavy atom. The second-order valence-electron chi connectivity index (χ2n) is 3.32. The van der Waals surface area contributed by atoms with Gasteiger partial charge in [0.05, 0.1) is 19.2 Å². The van der Waals surface area contributed by atoms with Crippen LogP contribution in [0.4, 0.5) is 5.13 Å². The Morgan fingerprint density at radius 1 is 1.75 bits per heavy atom. The second-order valence-corrected chi connectivity index (χ2v) is 5.46. The SMILES string of the molecule is COC(=O)Cc1csc(NCC(C)SC)n1. The van der Waals surface area contributed by atoms with E-state index in [9.17, 15) is 4.79 Å². The molecule has 0 radical (unpaired) electrons. The maximum absolute atomic E-state index is 11.0. The molecule has 0 aliphatic carbocycles. The molecule has 1 heterocycles. The van der Waals surface area contributed by atoms with Crippen molar-refractivity contribution in [3.63, 3.8) is 0 Å². The van der Waals surface area contributed by atoms with Crippen LogP contribution in [-0.4, -0.2) is 36.1 Å². The van der Waals surface area contributed by atoms with E-state index in [0.717, 1.165) is 17.4 Å². The summed E-state index contributed by atoms with van der Waals surface area (Å²) in [6.45, 7) is 3.03. The lowest BCUT2D eigenvalue weighted by Crippen LogP contribution is -2.12. The van der Waals surface area contributed by atoms with Crippen LogP contribution in [-0.2, 0) is 16.0 Å². The molecule has 90 valence electrons. The first-order valence-corrected chi connectivity index (χ1v) is 7.10. The minimum absolute atomic E-state index is 0.243. The number of carbonyl (C=O) groups excluding carboxylic acids is 1. The highest BCUT2D eigenvalue weighted by molar-refractivity contribution is 7.99. The molecule has 0 aliphatic heterocycles. The van der Waals surface area contributed by atoms with E-state index >= 15 is 0 Å². The molecule has 0 bridgehead atoms. The summed E-state index contributed by atoms with van der Waals surface area (Å²) in [6, 6.07) is 0. The van der Waals surface area contributed by atoms with Crippen LogP contribution in [0.3, 0.4) is 0 Å². The normalized spacial score (nSPS) is 12.2. The third kappa shape index (κ3) is 4.40. The number of thioether (sulfide) groups is 1. The van der Waals surface area contributed by atoms with Gasteiger partial charge >= 0.3 is 5.97 Å². The minimum atomic E-state index is -0.255. The van der Waals surface area contributed by atoms with Gasteiger partial charge in [-0.05, 0) is 6.26 Å². The first-order chi connectivity index (χ1) is 7.65. The summed E-state index contributed by atoms with van der Waals surface area (Å²) in [5.74, 6) is -0.255. The predicted octanol–water partition coefficient (Wildman–Crippen LogP) is 2.02. The molecule has 0 fully saturated rings. The fourth-order valence-corrected chi connectivity index (χ4v) is 1.97. The molecule has 0 aliphatic rings. The molecule has 0 saturated heterocycles. The average Bonchev–Trinajstić information content (AvgIpc) is 2.73. The van der Waals surface area contributed by atoms with Crippen LogP contribution in [0.15, 0.2) is 5.38 Å². The molecule has 0 aromatic carbocycles. The molecule has 16 heavy (non-hydrogen) atoms. The molecule has 0 amide bonds. The number of rotatable bonds is 6. The fourth-order valence-electron chi connectivity index (χ4n) is 1.00. The quantitative estimate of drug-likeness (QED) is 0.793. The Morgan fingerprint density at radius 3 is 3.12 bits per heavy atom. The van der Waals surface area contributed by atoms with E-state index in [1.54, 1.807) is 11.8 Å².